The fraction of sp³-hybridized carbons (Fsp3) is 0.545. The third-order valence-electron chi connectivity index (χ3n) is 3.25. The smallest absolute Gasteiger partial charge is 0.126 e. The summed E-state index contributed by atoms with van der Waals surface area (Å²) in [5.41, 5.74) is 1.11. The summed E-state index contributed by atoms with van der Waals surface area (Å²) in [5.74, 6) is 2.88. The molecule has 2 heterocycles. The van der Waals surface area contributed by atoms with Crippen LogP contribution in [0.3, 0.4) is 0 Å². The summed E-state index contributed by atoms with van der Waals surface area (Å²) in [6, 6.07) is 4.52. The third-order valence-corrected chi connectivity index (χ3v) is 3.55. The number of hydrogen-bond acceptors (Lipinski definition) is 3. The lowest BCUT2D eigenvalue weighted by Crippen LogP contribution is -2.13. The Balaban J connectivity index is 1.67. The predicted molar refractivity (Wildman–Crippen MR) is 59.0 cm³/mol. The van der Waals surface area contributed by atoms with Crippen LogP contribution in [0, 0.1) is 11.8 Å². The van der Waals surface area contributed by atoms with E-state index in [1.807, 2.05) is 12.1 Å². The number of nitrogens with zero attached hydrogens (tertiary/aromatic N) is 1. The van der Waals surface area contributed by atoms with Gasteiger partial charge < -0.3 is 10.1 Å². The number of pyridine rings is 1. The summed E-state index contributed by atoms with van der Waals surface area (Å²) in [5, 5.41) is 3.44. The predicted octanol–water partition coefficient (Wildman–Crippen LogP) is 1.88. The zero-order valence-corrected chi connectivity index (χ0v) is 9.07. The van der Waals surface area contributed by atoms with Crippen LogP contribution < -0.4 is 5.32 Å². The molecule has 1 N–H and O–H groups in total. The van der Waals surface area contributed by atoms with Crippen molar-refractivity contribution in [3.05, 3.63) is 23.9 Å². The van der Waals surface area contributed by atoms with Gasteiger partial charge in [0.15, 0.2) is 0 Å². The van der Waals surface area contributed by atoms with E-state index in [1.54, 1.807) is 6.20 Å². The van der Waals surface area contributed by atoms with Gasteiger partial charge in [-0.2, -0.15) is 0 Å². The quantitative estimate of drug-likeness (QED) is 0.797. The molecule has 1 aromatic rings. The minimum Gasteiger partial charge on any atom is -0.381 e. The lowest BCUT2D eigenvalue weighted by atomic mass is 10.3. The monoisotopic (exact) mass is 224 g/mol. The van der Waals surface area contributed by atoms with Crippen molar-refractivity contribution in [1.29, 1.82) is 0 Å². The topological polar surface area (TPSA) is 34.2 Å². The Morgan fingerprint density at radius 3 is 3.00 bits per heavy atom. The molecule has 0 radical (unpaired) electrons. The second kappa shape index (κ2) is 3.65. The zero-order valence-electron chi connectivity index (χ0n) is 8.32. The minimum atomic E-state index is 0.540. The van der Waals surface area contributed by atoms with Crippen LogP contribution in [0.15, 0.2) is 18.3 Å². The van der Waals surface area contributed by atoms with E-state index >= 15 is 0 Å². The molecular weight excluding hydrogens is 212 g/mol. The van der Waals surface area contributed by atoms with Gasteiger partial charge in [0.25, 0.3) is 0 Å². The fourth-order valence-electron chi connectivity index (χ4n) is 2.26. The molecule has 80 valence electrons. The lowest BCUT2D eigenvalue weighted by Gasteiger charge is -2.08. The van der Waals surface area contributed by atoms with Crippen molar-refractivity contribution in [3.63, 3.8) is 0 Å². The number of ether oxygens (including phenoxy) is 1. The van der Waals surface area contributed by atoms with Crippen LogP contribution in [0.2, 0.25) is 0 Å². The number of anilines is 1. The number of rotatable bonds is 3. The van der Waals surface area contributed by atoms with Gasteiger partial charge in [0.2, 0.25) is 0 Å². The second-order valence-electron chi connectivity index (χ2n) is 4.22. The van der Waals surface area contributed by atoms with Gasteiger partial charge in [-0.1, -0.05) is 0 Å². The molecule has 2 unspecified atom stereocenters. The highest BCUT2D eigenvalue weighted by Crippen LogP contribution is 2.45. The molecule has 0 spiro atoms. The van der Waals surface area contributed by atoms with E-state index in [1.165, 1.54) is 0 Å². The van der Waals surface area contributed by atoms with Gasteiger partial charge in [-0.15, -0.1) is 11.6 Å². The number of hydrogen-bond donors (Lipinski definition) is 1. The van der Waals surface area contributed by atoms with E-state index in [-0.39, 0.29) is 0 Å². The summed E-state index contributed by atoms with van der Waals surface area (Å²) >= 11 is 5.77. The first kappa shape index (κ1) is 9.43. The average molecular weight is 225 g/mol. The van der Waals surface area contributed by atoms with Crippen molar-refractivity contribution in [3.8, 4) is 0 Å². The zero-order chi connectivity index (χ0) is 10.3. The Bertz CT molecular complexity index is 361. The van der Waals surface area contributed by atoms with Crippen molar-refractivity contribution in [1.82, 2.24) is 4.98 Å². The Labute approximate surface area is 93.8 Å². The summed E-state index contributed by atoms with van der Waals surface area (Å²) in [6.45, 7) is 1.80. The molecule has 2 aliphatic rings. The Morgan fingerprint density at radius 2 is 2.27 bits per heavy atom. The fourth-order valence-corrected chi connectivity index (χ4v) is 2.43. The molecule has 1 saturated carbocycles. The van der Waals surface area contributed by atoms with Crippen LogP contribution in [-0.4, -0.2) is 24.2 Å². The van der Waals surface area contributed by atoms with Gasteiger partial charge in [-0.05, 0) is 17.7 Å². The number of fused-ring (bicyclic) bond motifs is 1. The molecular formula is C11H13ClN2O. The Hall–Kier alpha value is -0.800. The van der Waals surface area contributed by atoms with Crippen molar-refractivity contribution in [2.24, 2.45) is 11.8 Å². The van der Waals surface area contributed by atoms with Crippen LogP contribution in [0.1, 0.15) is 5.56 Å². The largest absolute Gasteiger partial charge is 0.381 e. The van der Waals surface area contributed by atoms with Gasteiger partial charge in [0, 0.05) is 30.0 Å². The Morgan fingerprint density at radius 1 is 1.47 bits per heavy atom. The minimum absolute atomic E-state index is 0.540. The van der Waals surface area contributed by atoms with Crippen LogP contribution in [0.25, 0.3) is 0 Å². The molecule has 2 fully saturated rings. The molecule has 0 bridgehead atoms. The highest BCUT2D eigenvalue weighted by atomic mass is 35.5. The van der Waals surface area contributed by atoms with Crippen LogP contribution in [0.5, 0.6) is 0 Å². The normalized spacial score (nSPS) is 32.5. The maximum absolute atomic E-state index is 5.77. The standard InChI is InChI=1S/C11H13ClN2O/c12-4-7-1-2-13-10(3-7)14-11-8-5-15-6-9(8)11/h1-3,8-9,11H,4-6H2,(H,13,14). The molecule has 1 aromatic heterocycles. The van der Waals surface area contributed by atoms with Crippen LogP contribution in [0.4, 0.5) is 5.82 Å². The molecule has 15 heavy (non-hydrogen) atoms. The second-order valence-corrected chi connectivity index (χ2v) is 4.49. The molecule has 3 nitrogen and oxygen atoms in total. The van der Waals surface area contributed by atoms with Crippen molar-refractivity contribution in [2.45, 2.75) is 11.9 Å². The summed E-state index contributed by atoms with van der Waals surface area (Å²) < 4.78 is 5.34. The van der Waals surface area contributed by atoms with Crippen LogP contribution >= 0.6 is 11.6 Å². The average Bonchev–Trinajstić information content (AvgIpc) is 2.75. The summed E-state index contributed by atoms with van der Waals surface area (Å²) in [6.07, 6.45) is 1.80. The number of alkyl halides is 1. The maximum Gasteiger partial charge on any atom is 0.126 e. The van der Waals surface area contributed by atoms with E-state index in [4.69, 9.17) is 16.3 Å². The third kappa shape index (κ3) is 1.70. The number of aromatic nitrogens is 1. The van der Waals surface area contributed by atoms with E-state index in [0.29, 0.717) is 23.8 Å². The first-order valence-electron chi connectivity index (χ1n) is 5.23. The van der Waals surface area contributed by atoms with Gasteiger partial charge in [0.1, 0.15) is 5.82 Å². The lowest BCUT2D eigenvalue weighted by molar-refractivity contribution is 0.162. The van der Waals surface area contributed by atoms with Gasteiger partial charge >= 0.3 is 0 Å². The van der Waals surface area contributed by atoms with E-state index < -0.39 is 0 Å². The number of halogens is 1. The van der Waals surface area contributed by atoms with E-state index in [9.17, 15) is 0 Å². The molecule has 2 atom stereocenters. The maximum atomic E-state index is 5.77. The van der Waals surface area contributed by atoms with Crippen molar-refractivity contribution in [2.75, 3.05) is 18.5 Å². The van der Waals surface area contributed by atoms with Crippen LogP contribution in [-0.2, 0) is 10.6 Å². The van der Waals surface area contributed by atoms with Gasteiger partial charge in [-0.25, -0.2) is 4.98 Å². The SMILES string of the molecule is ClCc1ccnc(NC2C3COCC32)c1. The highest BCUT2D eigenvalue weighted by molar-refractivity contribution is 6.17. The Kier molecular flexibility index (Phi) is 2.29. The molecule has 1 aliphatic carbocycles. The van der Waals surface area contributed by atoms with Gasteiger partial charge in [-0.3, -0.25) is 0 Å². The summed E-state index contributed by atoms with van der Waals surface area (Å²) in [4.78, 5) is 4.28. The molecule has 4 heteroatoms. The molecule has 1 aliphatic heterocycles. The highest BCUT2D eigenvalue weighted by Gasteiger charge is 2.54. The number of nitrogens with one attached hydrogen (secondary N) is 1. The van der Waals surface area contributed by atoms with E-state index in [0.717, 1.165) is 24.6 Å². The summed E-state index contributed by atoms with van der Waals surface area (Å²) in [7, 11) is 0. The first-order chi connectivity index (χ1) is 7.38. The van der Waals surface area contributed by atoms with E-state index in [2.05, 4.69) is 10.3 Å². The molecule has 3 rings (SSSR count). The van der Waals surface area contributed by atoms with Crippen molar-refractivity contribution >= 4 is 17.4 Å². The first-order valence-corrected chi connectivity index (χ1v) is 5.77. The molecule has 0 aromatic carbocycles. The molecule has 0 amide bonds. The van der Waals surface area contributed by atoms with Crippen molar-refractivity contribution < 1.29 is 4.74 Å². The molecule has 1 saturated heterocycles. The van der Waals surface area contributed by atoms with Gasteiger partial charge in [0.05, 0.1) is 13.2 Å².